The van der Waals surface area contributed by atoms with Crippen LogP contribution in [0.3, 0.4) is 0 Å². The molecule has 0 saturated heterocycles. The van der Waals surface area contributed by atoms with Crippen molar-refractivity contribution in [2.75, 3.05) is 27.1 Å². The van der Waals surface area contributed by atoms with E-state index in [4.69, 9.17) is 13.3 Å². The van der Waals surface area contributed by atoms with E-state index in [9.17, 15) is 43.3 Å². The van der Waals surface area contributed by atoms with Crippen LogP contribution in [0.15, 0.2) is 7.54 Å². The zero-order valence-electron chi connectivity index (χ0n) is 14.6. The van der Waals surface area contributed by atoms with Crippen molar-refractivity contribution in [2.45, 2.75) is 17.3 Å². The monoisotopic (exact) mass is 531 g/mol. The number of rotatable bonds is 10. The van der Waals surface area contributed by atoms with Crippen molar-refractivity contribution in [3.05, 3.63) is 0 Å². The Morgan fingerprint density at radius 1 is 0.964 bits per heavy atom. The minimum absolute atomic E-state index is 0. The van der Waals surface area contributed by atoms with E-state index in [1.165, 1.54) is 0 Å². The summed E-state index contributed by atoms with van der Waals surface area (Å²) in [7, 11) is -18.4. The molecule has 10 nitrogen and oxygen atoms in total. The molecule has 0 fully saturated rings. The molecular formula is C7H14F6KN2O8S3Si+. The summed E-state index contributed by atoms with van der Waals surface area (Å²) in [6, 6.07) is -0.681. The number of alkyl halides is 5. The summed E-state index contributed by atoms with van der Waals surface area (Å²) in [5, 5.41) is 0. The molecule has 0 aliphatic carbocycles. The maximum Gasteiger partial charge on any atom is 1.00 e. The molecule has 0 radical (unpaired) electrons. The van der Waals surface area contributed by atoms with Gasteiger partial charge in [0.1, 0.15) is 0 Å². The second-order valence-corrected chi connectivity index (χ2v) is 13.1. The fourth-order valence-electron chi connectivity index (χ4n) is 1.31. The summed E-state index contributed by atoms with van der Waals surface area (Å²) in [6.45, 7) is 0. The van der Waals surface area contributed by atoms with Gasteiger partial charge in [-0.1, -0.05) is 11.9 Å². The van der Waals surface area contributed by atoms with Gasteiger partial charge in [-0.25, -0.2) is 16.8 Å². The number of hydrogen-bond acceptors (Lipinski definition) is 8. The summed E-state index contributed by atoms with van der Waals surface area (Å²) >= 11 is 0. The van der Waals surface area contributed by atoms with Crippen LogP contribution in [0.25, 0.3) is 0 Å². The van der Waals surface area contributed by atoms with Gasteiger partial charge in [0.05, 0.1) is 5.75 Å². The van der Waals surface area contributed by atoms with Crippen molar-refractivity contribution >= 4 is 38.8 Å². The first-order valence-electron chi connectivity index (χ1n) is 6.14. The van der Waals surface area contributed by atoms with E-state index < -0.39 is 61.8 Å². The van der Waals surface area contributed by atoms with E-state index in [1.54, 1.807) is 3.77 Å². The third kappa shape index (κ3) is 8.34. The predicted octanol–water partition coefficient (Wildman–Crippen LogP) is -1.39. The van der Waals surface area contributed by atoms with Gasteiger partial charge in [0, 0.05) is 27.4 Å². The molecule has 21 heteroatoms. The Balaban J connectivity index is 0. The summed E-state index contributed by atoms with van der Waals surface area (Å²) in [4.78, 5) is 0. The van der Waals surface area contributed by atoms with Gasteiger partial charge in [0.25, 0.3) is 29.9 Å². The first-order valence-corrected chi connectivity index (χ1v) is 12.7. The van der Waals surface area contributed by atoms with E-state index >= 15 is 0 Å². The molecule has 0 aliphatic heterocycles. The Morgan fingerprint density at radius 3 is 1.68 bits per heavy atom. The third-order valence-electron chi connectivity index (χ3n) is 2.64. The minimum Gasteiger partial charge on any atom is -0.377 e. The topological polar surface area (TPSA) is 130 Å². The predicted molar refractivity (Wildman–Crippen MR) is 80.8 cm³/mol. The first-order chi connectivity index (χ1) is 12.1. The summed E-state index contributed by atoms with van der Waals surface area (Å²) in [5.41, 5.74) is -6.20. The zero-order chi connectivity index (χ0) is 21.7. The molecule has 2 atom stereocenters. The summed E-state index contributed by atoms with van der Waals surface area (Å²) < 4.78 is 142. The van der Waals surface area contributed by atoms with E-state index in [2.05, 4.69) is 4.39 Å². The van der Waals surface area contributed by atoms with Gasteiger partial charge in [0.15, 0.2) is 0 Å². The molecule has 0 aliphatic rings. The molecule has 0 rings (SSSR count). The molecule has 0 aromatic heterocycles. The van der Waals surface area contributed by atoms with E-state index in [0.717, 1.165) is 21.3 Å². The van der Waals surface area contributed by atoms with Gasteiger partial charge in [-0.15, -0.1) is 0 Å². The SMILES string of the molecule is CO[Si](CCS(=O)(=O)N=S(=O)(N=S(=O)(OF)C(F)F)C(F)(F)F)(OC)OC.[K+]. The zero-order valence-corrected chi connectivity index (χ0v) is 21.2. The molecule has 0 amide bonds. The number of nitrogens with zero attached hydrogens (tertiary/aromatic N) is 2. The van der Waals surface area contributed by atoms with Crippen LogP contribution in [0.5, 0.6) is 0 Å². The van der Waals surface area contributed by atoms with E-state index in [1.807, 2.05) is 3.77 Å². The Labute approximate surface area is 201 Å². The Morgan fingerprint density at radius 2 is 1.39 bits per heavy atom. The van der Waals surface area contributed by atoms with Crippen LogP contribution in [-0.2, 0) is 47.6 Å². The van der Waals surface area contributed by atoms with E-state index in [-0.39, 0.29) is 51.4 Å². The molecule has 0 saturated carbocycles. The molecule has 0 heterocycles. The fraction of sp³-hybridized carbons (Fsp3) is 1.00. The van der Waals surface area contributed by atoms with Gasteiger partial charge in [-0.05, 0) is 4.53 Å². The molecule has 0 bridgehead atoms. The molecule has 0 N–H and O–H groups in total. The fourth-order valence-corrected chi connectivity index (χ4v) is 8.55. The second-order valence-electron chi connectivity index (χ2n) is 4.26. The van der Waals surface area contributed by atoms with Crippen molar-refractivity contribution in [3.8, 4) is 0 Å². The van der Waals surface area contributed by atoms with Gasteiger partial charge in [-0.3, -0.25) is 0 Å². The van der Waals surface area contributed by atoms with Crippen LogP contribution < -0.4 is 51.4 Å². The van der Waals surface area contributed by atoms with Crippen LogP contribution in [0.1, 0.15) is 0 Å². The Kier molecular flexibility index (Phi) is 13.0. The molecular weight excluding hydrogens is 517 g/mol. The third-order valence-corrected chi connectivity index (χ3v) is 11.0. The first kappa shape index (κ1) is 31.3. The minimum atomic E-state index is -6.53. The van der Waals surface area contributed by atoms with Crippen LogP contribution in [0.4, 0.5) is 26.5 Å². The molecule has 2 unspecified atom stereocenters. The standard InChI is InChI=1S/C7H14F6N2O8S3Si.K/c1-20-27(21-2,22-3)5-4-24(16,17)14-26(19,7(10,11)12)15-25(18,23-13)6(8)9;/h6H,4-5H2,1-3H3;/q;+1. The summed E-state index contributed by atoms with van der Waals surface area (Å²) in [6.07, 6.45) is 0. The smallest absolute Gasteiger partial charge is 0.377 e. The average molecular weight is 532 g/mol. The largest absolute Gasteiger partial charge is 1.00 e. The van der Waals surface area contributed by atoms with Crippen molar-refractivity contribution in [1.29, 1.82) is 0 Å². The average Bonchev–Trinajstić information content (AvgIpc) is 2.54. The Hall–Kier alpha value is 1.12. The van der Waals surface area contributed by atoms with Crippen LogP contribution >= 0.6 is 0 Å². The molecule has 164 valence electrons. The van der Waals surface area contributed by atoms with E-state index in [0.29, 0.717) is 0 Å². The molecule has 0 spiro atoms. The van der Waals surface area contributed by atoms with Gasteiger partial charge >= 0.3 is 71.5 Å². The van der Waals surface area contributed by atoms with Crippen molar-refractivity contribution < 1.29 is 112 Å². The maximum absolute atomic E-state index is 12.9. The second kappa shape index (κ2) is 11.7. The number of sulfonamides is 1. The van der Waals surface area contributed by atoms with Crippen molar-refractivity contribution in [1.82, 2.24) is 0 Å². The molecule has 28 heavy (non-hydrogen) atoms. The molecule has 0 aromatic rings. The van der Waals surface area contributed by atoms with Crippen molar-refractivity contribution in [2.24, 2.45) is 7.54 Å². The number of hydrogen-bond donors (Lipinski definition) is 0. The van der Waals surface area contributed by atoms with Gasteiger partial charge in [0.2, 0.25) is 0 Å². The Bertz CT molecular complexity index is 839. The van der Waals surface area contributed by atoms with Crippen LogP contribution in [0, 0.1) is 0 Å². The van der Waals surface area contributed by atoms with Gasteiger partial charge < -0.3 is 13.3 Å². The van der Waals surface area contributed by atoms with Gasteiger partial charge in [-0.2, -0.15) is 22.0 Å². The van der Waals surface area contributed by atoms with Crippen LogP contribution in [-0.4, -0.2) is 64.0 Å². The van der Waals surface area contributed by atoms with Crippen molar-refractivity contribution in [3.63, 3.8) is 0 Å². The van der Waals surface area contributed by atoms with Crippen LogP contribution in [0.2, 0.25) is 6.04 Å². The number of halogens is 6. The quantitative estimate of drug-likeness (QED) is 0.249. The summed E-state index contributed by atoms with van der Waals surface area (Å²) in [5.74, 6) is -5.79. The maximum atomic E-state index is 12.9. The normalized spacial score (nSPS) is 17.4. The molecule has 0 aromatic carbocycles.